The maximum Gasteiger partial charge on any atom is 0.335 e. The van der Waals surface area contributed by atoms with Crippen LogP contribution in [0.4, 0.5) is 0 Å². The third kappa shape index (κ3) is 2.34. The number of rotatable bonds is 3. The van der Waals surface area contributed by atoms with E-state index in [1.165, 1.54) is 19.2 Å². The largest absolute Gasteiger partial charge is 0.496 e. The van der Waals surface area contributed by atoms with Gasteiger partial charge in [0.05, 0.1) is 23.3 Å². The summed E-state index contributed by atoms with van der Waals surface area (Å²) in [5.74, 6) is 0.0428. The zero-order valence-electron chi connectivity index (χ0n) is 11.1. The molecule has 1 heterocycles. The third-order valence-corrected chi connectivity index (χ3v) is 3.51. The topological polar surface area (TPSA) is 59.7 Å². The molecule has 21 heavy (non-hydrogen) atoms. The number of hydrogen-bond acceptors (Lipinski definition) is 3. The van der Waals surface area contributed by atoms with Gasteiger partial charge in [-0.25, -0.2) is 4.79 Å². The first kappa shape index (κ1) is 13.5. The van der Waals surface area contributed by atoms with Crippen LogP contribution in [-0.4, -0.2) is 18.2 Å². The predicted molar refractivity (Wildman–Crippen MR) is 80.2 cm³/mol. The van der Waals surface area contributed by atoms with E-state index in [9.17, 15) is 4.79 Å². The molecule has 0 unspecified atom stereocenters. The predicted octanol–water partition coefficient (Wildman–Crippen LogP) is 4.46. The smallest absolute Gasteiger partial charge is 0.335 e. The summed E-state index contributed by atoms with van der Waals surface area (Å²) in [5.41, 5.74) is 1.30. The van der Waals surface area contributed by atoms with Crippen LogP contribution in [0.2, 0.25) is 5.02 Å². The van der Waals surface area contributed by atoms with Crippen LogP contribution in [0.25, 0.3) is 22.3 Å². The fourth-order valence-corrected chi connectivity index (χ4v) is 2.41. The van der Waals surface area contributed by atoms with Crippen molar-refractivity contribution >= 4 is 28.5 Å². The number of carboxylic acid groups (broad SMARTS) is 1. The first-order valence-corrected chi connectivity index (χ1v) is 6.57. The minimum Gasteiger partial charge on any atom is -0.496 e. The summed E-state index contributed by atoms with van der Waals surface area (Å²) >= 11 is 6.09. The van der Waals surface area contributed by atoms with Gasteiger partial charge < -0.3 is 14.3 Å². The summed E-state index contributed by atoms with van der Waals surface area (Å²) in [5, 5.41) is 10.5. The van der Waals surface area contributed by atoms with Crippen LogP contribution in [0.5, 0.6) is 5.75 Å². The van der Waals surface area contributed by atoms with Gasteiger partial charge in [-0.15, -0.1) is 0 Å². The number of hydrogen-bond donors (Lipinski definition) is 1. The monoisotopic (exact) mass is 302 g/mol. The Bertz CT molecular complexity index is 835. The Morgan fingerprint density at radius 1 is 1.24 bits per heavy atom. The number of benzene rings is 2. The molecule has 1 aromatic heterocycles. The molecule has 0 amide bonds. The summed E-state index contributed by atoms with van der Waals surface area (Å²) in [6, 6.07) is 11.9. The van der Waals surface area contributed by atoms with Gasteiger partial charge in [0.1, 0.15) is 11.5 Å². The second kappa shape index (κ2) is 5.14. The van der Waals surface area contributed by atoms with Crippen LogP contribution < -0.4 is 4.74 Å². The number of fused-ring (bicyclic) bond motifs is 1. The lowest BCUT2D eigenvalue weighted by Gasteiger charge is -2.07. The quantitative estimate of drug-likeness (QED) is 0.776. The van der Waals surface area contributed by atoms with Crippen molar-refractivity contribution in [1.82, 2.24) is 0 Å². The number of methoxy groups -OCH3 is 1. The lowest BCUT2D eigenvalue weighted by atomic mass is 10.1. The van der Waals surface area contributed by atoms with E-state index in [0.29, 0.717) is 27.7 Å². The van der Waals surface area contributed by atoms with Gasteiger partial charge in [0.15, 0.2) is 5.58 Å². The van der Waals surface area contributed by atoms with Crippen molar-refractivity contribution in [2.24, 2.45) is 0 Å². The highest BCUT2D eigenvalue weighted by Gasteiger charge is 2.15. The van der Waals surface area contributed by atoms with E-state index in [2.05, 4.69) is 0 Å². The van der Waals surface area contributed by atoms with Gasteiger partial charge in [0.25, 0.3) is 0 Å². The van der Waals surface area contributed by atoms with Gasteiger partial charge in [-0.1, -0.05) is 23.7 Å². The standard InChI is InChI=1S/C16H11ClO4/c1-20-13-6-5-10(16(18)19)7-11(13)14-8-9-3-2-4-12(17)15(9)21-14/h2-8H,1H3,(H,18,19). The van der Waals surface area contributed by atoms with Gasteiger partial charge in [0, 0.05) is 5.39 Å². The molecule has 4 nitrogen and oxygen atoms in total. The van der Waals surface area contributed by atoms with Crippen LogP contribution >= 0.6 is 11.6 Å². The van der Waals surface area contributed by atoms with E-state index in [0.717, 1.165) is 5.39 Å². The van der Waals surface area contributed by atoms with Crippen molar-refractivity contribution in [3.05, 3.63) is 53.1 Å². The van der Waals surface area contributed by atoms with E-state index in [-0.39, 0.29) is 5.56 Å². The van der Waals surface area contributed by atoms with Crippen LogP contribution in [0.3, 0.4) is 0 Å². The number of carboxylic acids is 1. The molecule has 0 saturated carbocycles. The molecule has 0 bridgehead atoms. The van der Waals surface area contributed by atoms with Gasteiger partial charge in [-0.3, -0.25) is 0 Å². The van der Waals surface area contributed by atoms with Crippen molar-refractivity contribution in [1.29, 1.82) is 0 Å². The van der Waals surface area contributed by atoms with E-state index < -0.39 is 5.97 Å². The number of para-hydroxylation sites is 1. The molecule has 1 N–H and O–H groups in total. The molecule has 3 aromatic rings. The molecular formula is C16H11ClO4. The summed E-state index contributed by atoms with van der Waals surface area (Å²) in [4.78, 5) is 11.1. The first-order chi connectivity index (χ1) is 10.1. The molecule has 0 saturated heterocycles. The van der Waals surface area contributed by atoms with Gasteiger partial charge in [-0.05, 0) is 30.3 Å². The second-order valence-corrected chi connectivity index (χ2v) is 4.90. The number of aromatic carboxylic acids is 1. The van der Waals surface area contributed by atoms with Crippen molar-refractivity contribution in [2.45, 2.75) is 0 Å². The highest BCUT2D eigenvalue weighted by Crippen LogP contribution is 2.36. The molecule has 5 heteroatoms. The molecule has 0 aliphatic heterocycles. The maximum atomic E-state index is 11.1. The fourth-order valence-electron chi connectivity index (χ4n) is 2.19. The Morgan fingerprint density at radius 2 is 2.05 bits per heavy atom. The van der Waals surface area contributed by atoms with E-state index >= 15 is 0 Å². The van der Waals surface area contributed by atoms with Gasteiger partial charge in [0.2, 0.25) is 0 Å². The summed E-state index contributed by atoms with van der Waals surface area (Å²) < 4.78 is 11.0. The molecule has 2 aromatic carbocycles. The second-order valence-electron chi connectivity index (χ2n) is 4.49. The zero-order chi connectivity index (χ0) is 15.0. The molecule has 0 fully saturated rings. The highest BCUT2D eigenvalue weighted by molar-refractivity contribution is 6.34. The Kier molecular flexibility index (Phi) is 3.31. The molecule has 106 valence electrons. The van der Waals surface area contributed by atoms with Crippen molar-refractivity contribution in [2.75, 3.05) is 7.11 Å². The number of halogens is 1. The summed E-state index contributed by atoms with van der Waals surface area (Å²) in [6.07, 6.45) is 0. The molecule has 0 aliphatic carbocycles. The molecule has 0 aliphatic rings. The van der Waals surface area contributed by atoms with Gasteiger partial charge in [-0.2, -0.15) is 0 Å². The van der Waals surface area contributed by atoms with Crippen LogP contribution in [0.1, 0.15) is 10.4 Å². The van der Waals surface area contributed by atoms with Crippen LogP contribution in [-0.2, 0) is 0 Å². The van der Waals surface area contributed by atoms with E-state index in [1.54, 1.807) is 12.1 Å². The van der Waals surface area contributed by atoms with Crippen molar-refractivity contribution in [3.8, 4) is 17.1 Å². The normalized spacial score (nSPS) is 10.8. The van der Waals surface area contributed by atoms with Crippen molar-refractivity contribution < 1.29 is 19.1 Å². The third-order valence-electron chi connectivity index (χ3n) is 3.21. The lowest BCUT2D eigenvalue weighted by Crippen LogP contribution is -1.97. The van der Waals surface area contributed by atoms with Crippen LogP contribution in [0, 0.1) is 0 Å². The Labute approximate surface area is 125 Å². The summed E-state index contributed by atoms with van der Waals surface area (Å²) in [7, 11) is 1.52. The Morgan fingerprint density at radius 3 is 2.71 bits per heavy atom. The van der Waals surface area contributed by atoms with E-state index in [1.807, 2.05) is 18.2 Å². The zero-order valence-corrected chi connectivity index (χ0v) is 11.8. The molecule has 0 radical (unpaired) electrons. The number of ether oxygens (including phenoxy) is 1. The van der Waals surface area contributed by atoms with Crippen LogP contribution in [0.15, 0.2) is 46.9 Å². The minimum atomic E-state index is -1.01. The average Bonchev–Trinajstić information content (AvgIpc) is 2.92. The average molecular weight is 303 g/mol. The molecule has 0 atom stereocenters. The number of furan rings is 1. The van der Waals surface area contributed by atoms with E-state index in [4.69, 9.17) is 25.9 Å². The molecule has 0 spiro atoms. The first-order valence-electron chi connectivity index (χ1n) is 6.20. The Balaban J connectivity index is 2.23. The minimum absolute atomic E-state index is 0.164. The summed E-state index contributed by atoms with van der Waals surface area (Å²) in [6.45, 7) is 0. The molecule has 3 rings (SSSR count). The maximum absolute atomic E-state index is 11.1. The fraction of sp³-hybridized carbons (Fsp3) is 0.0625. The Hall–Kier alpha value is -2.46. The molecular weight excluding hydrogens is 292 g/mol. The lowest BCUT2D eigenvalue weighted by molar-refractivity contribution is 0.0697. The van der Waals surface area contributed by atoms with Gasteiger partial charge >= 0.3 is 5.97 Å². The van der Waals surface area contributed by atoms with Crippen molar-refractivity contribution in [3.63, 3.8) is 0 Å². The number of carbonyl (C=O) groups is 1. The highest BCUT2D eigenvalue weighted by atomic mass is 35.5. The SMILES string of the molecule is COc1ccc(C(=O)O)cc1-c1cc2cccc(Cl)c2o1.